The first kappa shape index (κ1) is 15.9. The molecule has 0 aromatic carbocycles. The molecule has 3 aromatic rings. The van der Waals surface area contributed by atoms with Gasteiger partial charge in [0.1, 0.15) is 5.69 Å². The van der Waals surface area contributed by atoms with Crippen molar-refractivity contribution in [2.24, 2.45) is 0 Å². The van der Waals surface area contributed by atoms with Crippen LogP contribution in [0.5, 0.6) is 0 Å². The number of nitrogens with zero attached hydrogens (tertiary/aromatic N) is 2. The molecule has 1 N–H and O–H groups in total. The summed E-state index contributed by atoms with van der Waals surface area (Å²) >= 11 is 0. The van der Waals surface area contributed by atoms with Crippen LogP contribution in [0.1, 0.15) is 54.6 Å². The van der Waals surface area contributed by atoms with Gasteiger partial charge in [-0.15, -0.1) is 0 Å². The Kier molecular flexibility index (Phi) is 4.26. The smallest absolute Gasteiger partial charge is 0.259 e. The molecule has 0 spiro atoms. The number of hydrogen-bond donors (Lipinski definition) is 1. The Hall–Kier alpha value is -2.63. The van der Waals surface area contributed by atoms with E-state index in [4.69, 9.17) is 8.94 Å². The SMILES string of the molecule is Cc1noc2nc(-c3ccco3)cc(C(=O)NC3CCCCCC3)c12. The lowest BCUT2D eigenvalue weighted by Gasteiger charge is -2.16. The third-order valence-corrected chi connectivity index (χ3v) is 4.83. The molecule has 3 aromatic heterocycles. The predicted molar refractivity (Wildman–Crippen MR) is 93.2 cm³/mol. The van der Waals surface area contributed by atoms with E-state index < -0.39 is 0 Å². The first-order valence-electron chi connectivity index (χ1n) is 8.84. The lowest BCUT2D eigenvalue weighted by Crippen LogP contribution is -2.34. The molecule has 0 aliphatic heterocycles. The molecule has 130 valence electrons. The van der Waals surface area contributed by atoms with E-state index in [1.54, 1.807) is 18.4 Å². The summed E-state index contributed by atoms with van der Waals surface area (Å²) in [4.78, 5) is 17.4. The van der Waals surface area contributed by atoms with Crippen molar-refractivity contribution in [1.82, 2.24) is 15.5 Å². The fraction of sp³-hybridized carbons (Fsp3) is 0.421. The first-order chi connectivity index (χ1) is 12.2. The van der Waals surface area contributed by atoms with Gasteiger partial charge in [-0.1, -0.05) is 30.8 Å². The summed E-state index contributed by atoms with van der Waals surface area (Å²) in [5.74, 6) is 0.498. The summed E-state index contributed by atoms with van der Waals surface area (Å²) in [6.45, 7) is 1.82. The molecule has 1 aliphatic carbocycles. The van der Waals surface area contributed by atoms with Gasteiger partial charge >= 0.3 is 0 Å². The van der Waals surface area contributed by atoms with E-state index in [1.807, 2.05) is 13.0 Å². The van der Waals surface area contributed by atoms with Crippen molar-refractivity contribution in [2.75, 3.05) is 0 Å². The highest BCUT2D eigenvalue weighted by Crippen LogP contribution is 2.27. The molecule has 6 nitrogen and oxygen atoms in total. The molecule has 4 rings (SSSR count). The van der Waals surface area contributed by atoms with Gasteiger partial charge < -0.3 is 14.3 Å². The maximum absolute atomic E-state index is 13.0. The highest BCUT2D eigenvalue weighted by atomic mass is 16.5. The molecule has 0 atom stereocenters. The van der Waals surface area contributed by atoms with Crippen molar-refractivity contribution in [3.8, 4) is 11.5 Å². The fourth-order valence-corrected chi connectivity index (χ4v) is 3.51. The molecule has 6 heteroatoms. The quantitative estimate of drug-likeness (QED) is 0.722. The van der Waals surface area contributed by atoms with Crippen molar-refractivity contribution in [1.29, 1.82) is 0 Å². The summed E-state index contributed by atoms with van der Waals surface area (Å²) < 4.78 is 10.7. The standard InChI is InChI=1S/C19H21N3O3/c1-12-17-14(18(23)20-13-7-4-2-3-5-8-13)11-15(16-9-6-10-24-16)21-19(17)25-22-12/h6,9-11,13H,2-5,7-8H2,1H3,(H,20,23). The molecule has 0 bridgehead atoms. The van der Waals surface area contributed by atoms with Crippen LogP contribution in [0.3, 0.4) is 0 Å². The van der Waals surface area contributed by atoms with Crippen LogP contribution in [0, 0.1) is 6.92 Å². The number of nitrogens with one attached hydrogen (secondary N) is 1. The first-order valence-corrected chi connectivity index (χ1v) is 8.84. The molecule has 0 saturated heterocycles. The van der Waals surface area contributed by atoms with Crippen LogP contribution >= 0.6 is 0 Å². The van der Waals surface area contributed by atoms with Crippen molar-refractivity contribution >= 4 is 17.0 Å². The van der Waals surface area contributed by atoms with Gasteiger partial charge in [0.25, 0.3) is 11.6 Å². The van der Waals surface area contributed by atoms with E-state index in [-0.39, 0.29) is 11.9 Å². The van der Waals surface area contributed by atoms with Crippen LogP contribution in [0.25, 0.3) is 22.6 Å². The van der Waals surface area contributed by atoms with Crippen molar-refractivity contribution < 1.29 is 13.7 Å². The van der Waals surface area contributed by atoms with Gasteiger partial charge in [0.2, 0.25) is 0 Å². The Morgan fingerprint density at radius 2 is 2.04 bits per heavy atom. The summed E-state index contributed by atoms with van der Waals surface area (Å²) in [6.07, 6.45) is 8.49. The average Bonchev–Trinajstić information content (AvgIpc) is 3.20. The Labute approximate surface area is 145 Å². The highest BCUT2D eigenvalue weighted by Gasteiger charge is 2.22. The Bertz CT molecular complexity index is 875. The maximum atomic E-state index is 13.0. The van der Waals surface area contributed by atoms with Gasteiger partial charge in [-0.05, 0) is 38.0 Å². The normalized spacial score (nSPS) is 16.0. The van der Waals surface area contributed by atoms with Crippen LogP contribution in [-0.4, -0.2) is 22.1 Å². The third kappa shape index (κ3) is 3.16. The number of hydrogen-bond acceptors (Lipinski definition) is 5. The number of furan rings is 1. The van der Waals surface area contributed by atoms with Crippen LogP contribution < -0.4 is 5.32 Å². The summed E-state index contributed by atoms with van der Waals surface area (Å²) in [5, 5.41) is 7.83. The summed E-state index contributed by atoms with van der Waals surface area (Å²) in [5.41, 5.74) is 2.14. The van der Waals surface area contributed by atoms with Gasteiger partial charge in [-0.3, -0.25) is 4.79 Å². The highest BCUT2D eigenvalue weighted by molar-refractivity contribution is 6.07. The van der Waals surface area contributed by atoms with Gasteiger partial charge in [0.05, 0.1) is 22.9 Å². The number of rotatable bonds is 3. The predicted octanol–water partition coefficient (Wildman–Crippen LogP) is 4.24. The van der Waals surface area contributed by atoms with Crippen LogP contribution in [0.4, 0.5) is 0 Å². The number of pyridine rings is 1. The van der Waals surface area contributed by atoms with E-state index in [9.17, 15) is 4.79 Å². The molecular weight excluding hydrogens is 318 g/mol. The summed E-state index contributed by atoms with van der Waals surface area (Å²) in [7, 11) is 0. The number of amides is 1. The molecule has 1 aliphatic rings. The molecule has 0 radical (unpaired) electrons. The largest absolute Gasteiger partial charge is 0.463 e. The van der Waals surface area contributed by atoms with Crippen molar-refractivity contribution in [3.05, 3.63) is 35.7 Å². The zero-order valence-corrected chi connectivity index (χ0v) is 14.2. The number of fused-ring (bicyclic) bond motifs is 1. The molecule has 1 saturated carbocycles. The van der Waals surface area contributed by atoms with Gasteiger partial charge in [0.15, 0.2) is 5.76 Å². The number of aryl methyl sites for hydroxylation is 1. The maximum Gasteiger partial charge on any atom is 0.259 e. The molecule has 0 unspecified atom stereocenters. The fourth-order valence-electron chi connectivity index (χ4n) is 3.51. The third-order valence-electron chi connectivity index (χ3n) is 4.83. The van der Waals surface area contributed by atoms with Gasteiger partial charge in [-0.2, -0.15) is 0 Å². The van der Waals surface area contributed by atoms with Gasteiger partial charge in [-0.25, -0.2) is 4.98 Å². The second-order valence-corrected chi connectivity index (χ2v) is 6.64. The number of carbonyl (C=O) groups is 1. The second kappa shape index (κ2) is 6.70. The molecule has 1 fully saturated rings. The minimum atomic E-state index is -0.0987. The molecular formula is C19H21N3O3. The lowest BCUT2D eigenvalue weighted by atomic mass is 10.1. The Morgan fingerprint density at radius 3 is 2.76 bits per heavy atom. The molecule has 1 amide bonds. The van der Waals surface area contributed by atoms with Crippen LogP contribution in [0.2, 0.25) is 0 Å². The molecule has 3 heterocycles. The van der Waals surface area contributed by atoms with Crippen LogP contribution in [0.15, 0.2) is 33.4 Å². The second-order valence-electron chi connectivity index (χ2n) is 6.64. The lowest BCUT2D eigenvalue weighted by molar-refractivity contribution is 0.0935. The van der Waals surface area contributed by atoms with E-state index in [2.05, 4.69) is 15.5 Å². The Morgan fingerprint density at radius 1 is 1.24 bits per heavy atom. The molecule has 25 heavy (non-hydrogen) atoms. The number of aromatic nitrogens is 2. The minimum absolute atomic E-state index is 0.0987. The van der Waals surface area contributed by atoms with Gasteiger partial charge in [0, 0.05) is 6.04 Å². The van der Waals surface area contributed by atoms with E-state index in [0.29, 0.717) is 33.8 Å². The van der Waals surface area contributed by atoms with E-state index >= 15 is 0 Å². The number of carbonyl (C=O) groups excluding carboxylic acids is 1. The van der Waals surface area contributed by atoms with Crippen LogP contribution in [-0.2, 0) is 0 Å². The zero-order chi connectivity index (χ0) is 17.2. The van der Waals surface area contributed by atoms with E-state index in [0.717, 1.165) is 12.8 Å². The topological polar surface area (TPSA) is 81.2 Å². The average molecular weight is 339 g/mol. The Balaban J connectivity index is 1.71. The zero-order valence-electron chi connectivity index (χ0n) is 14.2. The van der Waals surface area contributed by atoms with Crippen molar-refractivity contribution in [3.63, 3.8) is 0 Å². The van der Waals surface area contributed by atoms with E-state index in [1.165, 1.54) is 25.7 Å². The van der Waals surface area contributed by atoms with Crippen molar-refractivity contribution in [2.45, 2.75) is 51.5 Å². The monoisotopic (exact) mass is 339 g/mol. The minimum Gasteiger partial charge on any atom is -0.463 e. The summed E-state index contributed by atoms with van der Waals surface area (Å²) in [6, 6.07) is 5.59.